The van der Waals surface area contributed by atoms with Gasteiger partial charge in [0.05, 0.1) is 11.6 Å². The van der Waals surface area contributed by atoms with Gasteiger partial charge in [-0.05, 0) is 43.0 Å². The minimum atomic E-state index is 0.706. The van der Waals surface area contributed by atoms with E-state index in [0.29, 0.717) is 6.04 Å². The molecule has 3 nitrogen and oxygen atoms in total. The molecule has 0 bridgehead atoms. The van der Waals surface area contributed by atoms with Gasteiger partial charge in [-0.15, -0.1) is 0 Å². The van der Waals surface area contributed by atoms with Crippen molar-refractivity contribution in [3.63, 3.8) is 0 Å². The Hall–Kier alpha value is -1.37. The maximum atomic E-state index is 8.78. The summed E-state index contributed by atoms with van der Waals surface area (Å²) < 4.78 is 0. The fraction of sp³-hybridized carbons (Fsp3) is 0.533. The molecule has 2 saturated heterocycles. The summed E-state index contributed by atoms with van der Waals surface area (Å²) in [5, 5.41) is 12.4. The van der Waals surface area contributed by atoms with Gasteiger partial charge in [0.25, 0.3) is 0 Å². The zero-order valence-corrected chi connectivity index (χ0v) is 10.6. The van der Waals surface area contributed by atoms with Crippen molar-refractivity contribution >= 4 is 0 Å². The van der Waals surface area contributed by atoms with E-state index in [-0.39, 0.29) is 0 Å². The lowest BCUT2D eigenvalue weighted by molar-refractivity contribution is 0.312. The summed E-state index contributed by atoms with van der Waals surface area (Å²) in [6, 6.07) is 10.9. The molecular formula is C15H19N3. The lowest BCUT2D eigenvalue weighted by Crippen LogP contribution is -2.40. The molecule has 0 amide bonds. The zero-order chi connectivity index (χ0) is 12.4. The Kier molecular flexibility index (Phi) is 3.31. The summed E-state index contributed by atoms with van der Waals surface area (Å²) in [7, 11) is 0. The van der Waals surface area contributed by atoms with Gasteiger partial charge in [-0.25, -0.2) is 0 Å². The van der Waals surface area contributed by atoms with Gasteiger partial charge >= 0.3 is 0 Å². The molecule has 3 rings (SSSR count). The van der Waals surface area contributed by atoms with E-state index < -0.39 is 0 Å². The summed E-state index contributed by atoms with van der Waals surface area (Å²) >= 11 is 0. The SMILES string of the molecule is N#Cc1ccc(CN2C[C@@H]3CCCN[C@@H]3C2)cc1. The van der Waals surface area contributed by atoms with Gasteiger partial charge in [-0.2, -0.15) is 5.26 Å². The number of hydrogen-bond acceptors (Lipinski definition) is 3. The first kappa shape index (κ1) is 11.7. The Morgan fingerprint density at radius 1 is 1.28 bits per heavy atom. The molecule has 1 aromatic rings. The number of nitrogens with zero attached hydrogens (tertiary/aromatic N) is 2. The third-order valence-corrected chi connectivity index (χ3v) is 4.16. The number of benzene rings is 1. The van der Waals surface area contributed by atoms with Crippen LogP contribution in [0.15, 0.2) is 24.3 Å². The summed E-state index contributed by atoms with van der Waals surface area (Å²) in [5.74, 6) is 0.845. The van der Waals surface area contributed by atoms with E-state index in [2.05, 4.69) is 28.4 Å². The van der Waals surface area contributed by atoms with Crippen LogP contribution in [0.25, 0.3) is 0 Å². The van der Waals surface area contributed by atoms with E-state index in [1.54, 1.807) is 0 Å². The van der Waals surface area contributed by atoms with Crippen molar-refractivity contribution < 1.29 is 0 Å². The van der Waals surface area contributed by atoms with Gasteiger partial charge < -0.3 is 5.32 Å². The molecule has 18 heavy (non-hydrogen) atoms. The molecular weight excluding hydrogens is 222 g/mol. The molecule has 94 valence electrons. The average Bonchev–Trinajstić information content (AvgIpc) is 2.82. The summed E-state index contributed by atoms with van der Waals surface area (Å²) in [4.78, 5) is 2.54. The number of rotatable bonds is 2. The summed E-state index contributed by atoms with van der Waals surface area (Å²) in [5.41, 5.74) is 2.06. The highest BCUT2D eigenvalue weighted by Crippen LogP contribution is 2.25. The Morgan fingerprint density at radius 2 is 2.11 bits per heavy atom. The lowest BCUT2D eigenvalue weighted by Gasteiger charge is -2.24. The molecule has 0 aromatic heterocycles. The first-order valence-electron chi connectivity index (χ1n) is 6.80. The van der Waals surface area contributed by atoms with Crippen molar-refractivity contribution in [2.45, 2.75) is 25.4 Å². The van der Waals surface area contributed by atoms with Crippen molar-refractivity contribution in [1.82, 2.24) is 10.2 Å². The average molecular weight is 241 g/mol. The van der Waals surface area contributed by atoms with E-state index in [1.165, 1.54) is 38.0 Å². The Balaban J connectivity index is 1.61. The predicted octanol–water partition coefficient (Wildman–Crippen LogP) is 1.74. The van der Waals surface area contributed by atoms with Crippen LogP contribution in [0, 0.1) is 17.2 Å². The number of piperidine rings is 1. The molecule has 0 unspecified atom stereocenters. The molecule has 1 N–H and O–H groups in total. The van der Waals surface area contributed by atoms with Gasteiger partial charge in [0.15, 0.2) is 0 Å². The Bertz CT molecular complexity index is 432. The molecule has 3 heteroatoms. The highest BCUT2D eigenvalue weighted by molar-refractivity contribution is 5.31. The molecule has 0 spiro atoms. The summed E-state index contributed by atoms with van der Waals surface area (Å²) in [6.07, 6.45) is 2.70. The Labute approximate surface area is 108 Å². The third kappa shape index (κ3) is 2.40. The summed E-state index contributed by atoms with van der Waals surface area (Å²) in [6.45, 7) is 4.59. The molecule has 0 radical (unpaired) electrons. The largest absolute Gasteiger partial charge is 0.312 e. The maximum absolute atomic E-state index is 8.78. The van der Waals surface area contributed by atoms with Crippen LogP contribution in [-0.4, -0.2) is 30.6 Å². The van der Waals surface area contributed by atoms with Crippen LogP contribution in [0.4, 0.5) is 0 Å². The zero-order valence-electron chi connectivity index (χ0n) is 10.6. The molecule has 2 heterocycles. The second kappa shape index (κ2) is 5.09. The van der Waals surface area contributed by atoms with Gasteiger partial charge in [0, 0.05) is 25.7 Å². The molecule has 0 aliphatic carbocycles. The Morgan fingerprint density at radius 3 is 2.83 bits per heavy atom. The highest BCUT2D eigenvalue weighted by atomic mass is 15.2. The monoisotopic (exact) mass is 241 g/mol. The lowest BCUT2D eigenvalue weighted by atomic mass is 9.94. The quantitative estimate of drug-likeness (QED) is 0.857. The molecule has 2 fully saturated rings. The van der Waals surface area contributed by atoms with Crippen LogP contribution in [0.2, 0.25) is 0 Å². The van der Waals surface area contributed by atoms with Crippen LogP contribution in [0.5, 0.6) is 0 Å². The first-order chi connectivity index (χ1) is 8.85. The molecule has 2 aliphatic rings. The van der Waals surface area contributed by atoms with Crippen LogP contribution >= 0.6 is 0 Å². The molecule has 1 aromatic carbocycles. The van der Waals surface area contributed by atoms with E-state index in [9.17, 15) is 0 Å². The van der Waals surface area contributed by atoms with Gasteiger partial charge in [0.2, 0.25) is 0 Å². The maximum Gasteiger partial charge on any atom is 0.0991 e. The van der Waals surface area contributed by atoms with Crippen molar-refractivity contribution in [3.8, 4) is 6.07 Å². The standard InChI is InChI=1S/C15H19N3/c16-8-12-3-5-13(6-4-12)9-18-10-14-2-1-7-17-15(14)11-18/h3-6,14-15,17H,1-2,7,9-11H2/t14-,15+/m0/s1. The fourth-order valence-electron chi connectivity index (χ4n) is 3.21. The highest BCUT2D eigenvalue weighted by Gasteiger charge is 2.33. The predicted molar refractivity (Wildman–Crippen MR) is 70.9 cm³/mol. The fourth-order valence-corrected chi connectivity index (χ4v) is 3.21. The first-order valence-corrected chi connectivity index (χ1v) is 6.80. The second-order valence-electron chi connectivity index (χ2n) is 5.47. The van der Waals surface area contributed by atoms with Crippen LogP contribution in [-0.2, 0) is 6.54 Å². The van der Waals surface area contributed by atoms with Crippen LogP contribution in [0.1, 0.15) is 24.0 Å². The van der Waals surface area contributed by atoms with E-state index in [4.69, 9.17) is 5.26 Å². The van der Waals surface area contributed by atoms with Gasteiger partial charge in [0.1, 0.15) is 0 Å². The van der Waals surface area contributed by atoms with Crippen LogP contribution < -0.4 is 5.32 Å². The van der Waals surface area contributed by atoms with Gasteiger partial charge in [-0.3, -0.25) is 4.90 Å². The van der Waals surface area contributed by atoms with Crippen LogP contribution in [0.3, 0.4) is 0 Å². The smallest absolute Gasteiger partial charge is 0.0991 e. The number of hydrogen-bond donors (Lipinski definition) is 1. The topological polar surface area (TPSA) is 39.1 Å². The second-order valence-corrected chi connectivity index (χ2v) is 5.47. The molecule has 2 aliphatic heterocycles. The van der Waals surface area contributed by atoms with E-state index in [0.717, 1.165) is 18.0 Å². The van der Waals surface area contributed by atoms with Crippen molar-refractivity contribution in [1.29, 1.82) is 5.26 Å². The van der Waals surface area contributed by atoms with E-state index >= 15 is 0 Å². The number of fused-ring (bicyclic) bond motifs is 1. The number of likely N-dealkylation sites (tertiary alicyclic amines) is 1. The van der Waals surface area contributed by atoms with E-state index in [1.807, 2.05) is 12.1 Å². The number of nitriles is 1. The normalized spacial score (nSPS) is 27.7. The van der Waals surface area contributed by atoms with Gasteiger partial charge in [-0.1, -0.05) is 12.1 Å². The van der Waals surface area contributed by atoms with Crippen molar-refractivity contribution in [2.24, 2.45) is 5.92 Å². The minimum Gasteiger partial charge on any atom is -0.312 e. The number of nitrogens with one attached hydrogen (secondary N) is 1. The molecule has 0 saturated carbocycles. The minimum absolute atomic E-state index is 0.706. The molecule has 2 atom stereocenters. The van der Waals surface area contributed by atoms with Crippen molar-refractivity contribution in [2.75, 3.05) is 19.6 Å². The third-order valence-electron chi connectivity index (χ3n) is 4.16. The van der Waals surface area contributed by atoms with Crippen molar-refractivity contribution in [3.05, 3.63) is 35.4 Å².